The summed E-state index contributed by atoms with van der Waals surface area (Å²) in [6.45, 7) is 17.3. The van der Waals surface area contributed by atoms with Gasteiger partial charge in [0.15, 0.2) is 0 Å². The first-order valence-corrected chi connectivity index (χ1v) is 16.1. The van der Waals surface area contributed by atoms with Gasteiger partial charge in [-0.25, -0.2) is 9.78 Å². The molecule has 11 nitrogen and oxygen atoms in total. The summed E-state index contributed by atoms with van der Waals surface area (Å²) in [5, 5.41) is 13.2. The number of thiazole rings is 1. The second-order valence-corrected chi connectivity index (χ2v) is 15.2. The zero-order valence-electron chi connectivity index (χ0n) is 28.1. The van der Waals surface area contributed by atoms with Gasteiger partial charge in [-0.15, -0.1) is 11.3 Å². The van der Waals surface area contributed by atoms with Crippen LogP contribution in [-0.4, -0.2) is 81.9 Å². The molecule has 2 amide bonds. The molecule has 0 aliphatic carbocycles. The van der Waals surface area contributed by atoms with Crippen molar-refractivity contribution in [1.82, 2.24) is 15.2 Å². The summed E-state index contributed by atoms with van der Waals surface area (Å²) in [5.41, 5.74) is 9.70. The number of aliphatic hydroxyl groups is 1. The maximum Gasteiger partial charge on any atom is 0.332 e. The Bertz CT molecular complexity index is 1350. The van der Waals surface area contributed by atoms with Crippen molar-refractivity contribution in [2.24, 2.45) is 11.1 Å². The lowest BCUT2D eigenvalue weighted by Gasteiger charge is -2.32. The Hall–Kier alpha value is -2.90. The Labute approximate surface area is 270 Å². The number of likely N-dealkylation sites (tertiary alicyclic amines) is 1. The van der Waals surface area contributed by atoms with Gasteiger partial charge in [0.25, 0.3) is 0 Å². The minimum atomic E-state index is -0.843. The van der Waals surface area contributed by atoms with Crippen molar-refractivity contribution in [3.8, 4) is 10.4 Å². The molecule has 3 atom stereocenters. The van der Waals surface area contributed by atoms with Crippen LogP contribution in [0, 0.1) is 12.3 Å². The molecule has 1 aromatic heterocycles. The Kier molecular flexibility index (Phi) is 11.9. The molecule has 45 heavy (non-hydrogen) atoms. The highest BCUT2D eigenvalue weighted by Gasteiger charge is 2.42. The quantitative estimate of drug-likeness (QED) is 0.293. The number of hydrogen-bond acceptors (Lipinski definition) is 10. The number of nitrogens with zero attached hydrogens (tertiary/aromatic N) is 2. The number of rotatable bonds is 12. The van der Waals surface area contributed by atoms with Crippen LogP contribution in [0.25, 0.3) is 10.4 Å². The lowest BCUT2D eigenvalue weighted by Crippen LogP contribution is -2.54. The van der Waals surface area contributed by atoms with E-state index in [-0.39, 0.29) is 50.1 Å². The van der Waals surface area contributed by atoms with Gasteiger partial charge in [-0.2, -0.15) is 0 Å². The molecule has 3 rings (SSSR count). The number of aromatic nitrogens is 1. The highest BCUT2D eigenvalue weighted by molar-refractivity contribution is 7.13. The van der Waals surface area contributed by atoms with Crippen molar-refractivity contribution >= 4 is 29.1 Å². The molecule has 12 heteroatoms. The molecule has 0 radical (unpaired) electrons. The van der Waals surface area contributed by atoms with Crippen LogP contribution in [0.4, 0.5) is 0 Å². The smallest absolute Gasteiger partial charge is 0.332 e. The fraction of sp³-hybridized carbons (Fsp3) is 0.636. The molecule has 1 fully saturated rings. The Morgan fingerprint density at radius 1 is 1.11 bits per heavy atom. The molecular weight excluding hydrogens is 596 g/mol. The van der Waals surface area contributed by atoms with Gasteiger partial charge in [0.1, 0.15) is 19.3 Å². The second kappa shape index (κ2) is 14.7. The Morgan fingerprint density at radius 2 is 1.80 bits per heavy atom. The Morgan fingerprint density at radius 3 is 2.40 bits per heavy atom. The standard InChI is InChI=1S/C33H50N4O7S/c1-20-27(45-19-36-20)21-10-11-22(23(12-21)16-42-26(39)17-43-33(8,9)18-44-32(5,6)7)14-35-29(40)25-13-24(38)15-37(25)30(41)28(34)31(2,3)4/h10-12,19,24-25,28,38H,13-18,34H2,1-9H3,(H,35,40)/t24-,25+,28?/m1/s1. The van der Waals surface area contributed by atoms with Crippen LogP contribution in [0.1, 0.15) is 78.6 Å². The summed E-state index contributed by atoms with van der Waals surface area (Å²) in [6, 6.07) is 4.08. The molecule has 0 bridgehead atoms. The molecule has 1 unspecified atom stereocenters. The van der Waals surface area contributed by atoms with E-state index in [9.17, 15) is 19.5 Å². The predicted molar refractivity (Wildman–Crippen MR) is 173 cm³/mol. The number of nitrogens with two attached hydrogens (primary N) is 1. The van der Waals surface area contributed by atoms with Crippen molar-refractivity contribution in [3.63, 3.8) is 0 Å². The van der Waals surface area contributed by atoms with Crippen molar-refractivity contribution in [3.05, 3.63) is 40.5 Å². The lowest BCUT2D eigenvalue weighted by atomic mass is 9.86. The van der Waals surface area contributed by atoms with Gasteiger partial charge < -0.3 is 35.3 Å². The number of nitrogens with one attached hydrogen (secondary N) is 1. The fourth-order valence-corrected chi connectivity index (χ4v) is 5.50. The van der Waals surface area contributed by atoms with Gasteiger partial charge >= 0.3 is 5.97 Å². The number of ether oxygens (including phenoxy) is 3. The summed E-state index contributed by atoms with van der Waals surface area (Å²) >= 11 is 1.51. The number of carbonyl (C=O) groups excluding carboxylic acids is 3. The number of amides is 2. The normalized spacial score (nSPS) is 18.2. The maximum atomic E-state index is 13.3. The molecule has 2 heterocycles. The number of β-amino-alcohol motifs (C(OH)–C–C–N with tert-alkyl or cyclic N) is 1. The predicted octanol–water partition coefficient (Wildman–Crippen LogP) is 3.72. The van der Waals surface area contributed by atoms with Crippen LogP contribution in [0.2, 0.25) is 0 Å². The van der Waals surface area contributed by atoms with Gasteiger partial charge in [-0.3, -0.25) is 9.59 Å². The monoisotopic (exact) mass is 646 g/mol. The third kappa shape index (κ3) is 10.6. The number of aliphatic hydroxyl groups excluding tert-OH is 1. The lowest BCUT2D eigenvalue weighted by molar-refractivity contribution is -0.162. The number of hydrogen-bond donors (Lipinski definition) is 3. The van der Waals surface area contributed by atoms with Crippen molar-refractivity contribution < 1.29 is 33.7 Å². The number of benzene rings is 1. The van der Waals surface area contributed by atoms with Crippen molar-refractivity contribution in [2.45, 2.75) is 111 Å². The van der Waals surface area contributed by atoms with Crippen LogP contribution in [0.5, 0.6) is 0 Å². The second-order valence-electron chi connectivity index (χ2n) is 14.3. The molecule has 1 aliphatic rings. The highest BCUT2D eigenvalue weighted by Crippen LogP contribution is 2.30. The van der Waals surface area contributed by atoms with Crippen LogP contribution < -0.4 is 11.1 Å². The largest absolute Gasteiger partial charge is 0.459 e. The first-order chi connectivity index (χ1) is 20.8. The zero-order valence-corrected chi connectivity index (χ0v) is 28.9. The molecule has 4 N–H and O–H groups in total. The zero-order chi connectivity index (χ0) is 33.7. The number of esters is 1. The minimum absolute atomic E-state index is 0.0365. The number of aryl methyl sites for hydroxylation is 1. The molecule has 1 aliphatic heterocycles. The average Bonchev–Trinajstić information content (AvgIpc) is 3.56. The van der Waals surface area contributed by atoms with E-state index in [1.54, 1.807) is 5.51 Å². The van der Waals surface area contributed by atoms with E-state index < -0.39 is 35.2 Å². The summed E-state index contributed by atoms with van der Waals surface area (Å²) in [4.78, 5) is 45.9. The minimum Gasteiger partial charge on any atom is -0.459 e. The SMILES string of the molecule is Cc1ncsc1-c1ccc(CNC(=O)[C@@H]2C[C@@H](O)CN2C(=O)C(N)C(C)(C)C)c(COC(=O)COC(C)(C)COC(C)(C)C)c1. The first-order valence-electron chi connectivity index (χ1n) is 15.2. The van der Waals surface area contributed by atoms with E-state index in [2.05, 4.69) is 10.3 Å². The molecule has 2 aromatic rings. The van der Waals surface area contributed by atoms with Gasteiger partial charge in [0.05, 0.1) is 46.0 Å². The van der Waals surface area contributed by atoms with E-state index in [1.807, 2.05) is 80.5 Å². The van der Waals surface area contributed by atoms with Crippen molar-refractivity contribution in [2.75, 3.05) is 19.8 Å². The third-order valence-corrected chi connectivity index (χ3v) is 8.53. The molecular formula is C33H50N4O7S. The molecule has 0 spiro atoms. The Balaban J connectivity index is 1.72. The van der Waals surface area contributed by atoms with Crippen LogP contribution in [0.15, 0.2) is 23.7 Å². The van der Waals surface area contributed by atoms with Gasteiger partial charge in [0, 0.05) is 19.5 Å². The molecule has 1 saturated heterocycles. The van der Waals surface area contributed by atoms with E-state index >= 15 is 0 Å². The highest BCUT2D eigenvalue weighted by atomic mass is 32.1. The van der Waals surface area contributed by atoms with Crippen molar-refractivity contribution in [1.29, 1.82) is 0 Å². The van der Waals surface area contributed by atoms with E-state index in [0.717, 1.165) is 21.7 Å². The number of carbonyl (C=O) groups is 3. The van der Waals surface area contributed by atoms with Gasteiger partial charge in [-0.1, -0.05) is 32.9 Å². The molecule has 250 valence electrons. The molecule has 0 saturated carbocycles. The summed E-state index contributed by atoms with van der Waals surface area (Å²) in [7, 11) is 0. The third-order valence-electron chi connectivity index (χ3n) is 7.55. The average molecular weight is 647 g/mol. The van der Waals surface area contributed by atoms with Gasteiger partial charge in [-0.05, 0) is 69.7 Å². The first kappa shape index (κ1) is 36.6. The topological polar surface area (TPSA) is 153 Å². The summed E-state index contributed by atoms with van der Waals surface area (Å²) < 4.78 is 17.2. The molecule has 1 aromatic carbocycles. The summed E-state index contributed by atoms with van der Waals surface area (Å²) in [5.74, 6) is -1.29. The fourth-order valence-electron chi connectivity index (χ4n) is 4.69. The van der Waals surface area contributed by atoms with Gasteiger partial charge in [0.2, 0.25) is 11.8 Å². The van der Waals surface area contributed by atoms with Crippen LogP contribution >= 0.6 is 11.3 Å². The van der Waals surface area contributed by atoms with Crippen LogP contribution in [0.3, 0.4) is 0 Å². The van der Waals surface area contributed by atoms with E-state index in [1.165, 1.54) is 16.2 Å². The van der Waals surface area contributed by atoms with E-state index in [0.29, 0.717) is 12.2 Å². The maximum absolute atomic E-state index is 13.3. The van der Waals surface area contributed by atoms with Crippen LogP contribution in [-0.2, 0) is 41.7 Å². The summed E-state index contributed by atoms with van der Waals surface area (Å²) in [6.07, 6.45) is -0.694. The van der Waals surface area contributed by atoms with E-state index in [4.69, 9.17) is 19.9 Å².